The van der Waals surface area contributed by atoms with Gasteiger partial charge in [-0.3, -0.25) is 5.43 Å². The predicted octanol–water partition coefficient (Wildman–Crippen LogP) is 6.75. The normalized spacial score (nSPS) is 14.9. The van der Waals surface area contributed by atoms with E-state index in [1.54, 1.807) is 22.7 Å². The first-order chi connectivity index (χ1) is 20.0. The van der Waals surface area contributed by atoms with Crippen LogP contribution in [0, 0.1) is 5.92 Å². The molecule has 0 radical (unpaired) electrons. The van der Waals surface area contributed by atoms with Crippen molar-refractivity contribution >= 4 is 38.4 Å². The highest BCUT2D eigenvalue weighted by Gasteiger charge is 2.29. The zero-order valence-electron chi connectivity index (χ0n) is 23.6. The third kappa shape index (κ3) is 7.22. The molecule has 0 spiro atoms. The lowest BCUT2D eigenvalue weighted by Crippen LogP contribution is -2.38. The van der Waals surface area contributed by atoms with Gasteiger partial charge in [0.05, 0.1) is 16.8 Å². The van der Waals surface area contributed by atoms with Crippen molar-refractivity contribution in [2.75, 3.05) is 36.5 Å². The summed E-state index contributed by atoms with van der Waals surface area (Å²) < 4.78 is 28.2. The van der Waals surface area contributed by atoms with Crippen LogP contribution in [0.3, 0.4) is 0 Å². The van der Waals surface area contributed by atoms with Crippen molar-refractivity contribution in [1.29, 1.82) is 0 Å². The minimum atomic E-state index is -3.52. The Bertz CT molecular complexity index is 1520. The molecule has 5 rings (SSSR count). The van der Waals surface area contributed by atoms with Crippen LogP contribution in [0.1, 0.15) is 37.8 Å². The van der Waals surface area contributed by atoms with Gasteiger partial charge in [-0.1, -0.05) is 54.6 Å². The zero-order chi connectivity index (χ0) is 28.7. The lowest BCUT2D eigenvalue weighted by Gasteiger charge is -2.31. The highest BCUT2D eigenvalue weighted by molar-refractivity contribution is 7.89. The molecule has 7 nitrogen and oxygen atoms in total. The van der Waals surface area contributed by atoms with Gasteiger partial charge in [0.15, 0.2) is 0 Å². The van der Waals surface area contributed by atoms with Gasteiger partial charge in [0.2, 0.25) is 15.2 Å². The lowest BCUT2D eigenvalue weighted by molar-refractivity contribution is 0.273. The first kappa shape index (κ1) is 29.0. The number of nitrogens with zero attached hydrogens (tertiary/aromatic N) is 4. The van der Waals surface area contributed by atoms with E-state index in [0.717, 1.165) is 49.2 Å². The van der Waals surface area contributed by atoms with E-state index in [1.165, 1.54) is 22.6 Å². The number of nitrogens with one attached hydrogen (secondary N) is 1. The largest absolute Gasteiger partial charge is 0.372 e. The van der Waals surface area contributed by atoms with Crippen LogP contribution in [0.15, 0.2) is 94.2 Å². The summed E-state index contributed by atoms with van der Waals surface area (Å²) in [6, 6.07) is 25.8. The van der Waals surface area contributed by atoms with Crippen LogP contribution < -0.4 is 10.3 Å². The summed E-state index contributed by atoms with van der Waals surface area (Å²) in [7, 11) is -3.52. The van der Waals surface area contributed by atoms with E-state index in [9.17, 15) is 8.42 Å². The minimum Gasteiger partial charge on any atom is -0.372 e. The second kappa shape index (κ2) is 13.4. The molecule has 0 saturated carbocycles. The summed E-state index contributed by atoms with van der Waals surface area (Å²) in [5.41, 5.74) is 8.17. The predicted molar refractivity (Wildman–Crippen MR) is 170 cm³/mol. The molecule has 1 fully saturated rings. The minimum absolute atomic E-state index is 0.327. The molecule has 0 atom stereocenters. The van der Waals surface area contributed by atoms with E-state index in [0.29, 0.717) is 29.0 Å². The number of thiazole rings is 1. The number of piperidine rings is 1. The number of hydrogen-bond donors (Lipinski definition) is 1. The van der Waals surface area contributed by atoms with Crippen molar-refractivity contribution < 1.29 is 8.42 Å². The maximum atomic E-state index is 13.3. The molecule has 1 N–H and O–H groups in total. The number of hydrazone groups is 1. The molecule has 0 amide bonds. The third-order valence-corrected chi connectivity index (χ3v) is 10.3. The van der Waals surface area contributed by atoms with Crippen LogP contribution in [0.2, 0.25) is 0 Å². The quantitative estimate of drug-likeness (QED) is 0.155. The number of sulfonamides is 1. The Hall–Kier alpha value is -3.53. The van der Waals surface area contributed by atoms with Gasteiger partial charge in [-0.2, -0.15) is 9.41 Å². The second-order valence-corrected chi connectivity index (χ2v) is 13.0. The van der Waals surface area contributed by atoms with Crippen LogP contribution in [0.25, 0.3) is 11.3 Å². The Balaban J connectivity index is 1.15. The van der Waals surface area contributed by atoms with Gasteiger partial charge in [-0.05, 0) is 74.4 Å². The summed E-state index contributed by atoms with van der Waals surface area (Å²) in [6.45, 7) is 7.37. The van der Waals surface area contributed by atoms with Crippen molar-refractivity contribution in [2.24, 2.45) is 11.0 Å². The molecule has 0 aliphatic carbocycles. The van der Waals surface area contributed by atoms with Gasteiger partial charge >= 0.3 is 0 Å². The zero-order valence-corrected chi connectivity index (χ0v) is 25.2. The molecule has 214 valence electrons. The molecule has 9 heteroatoms. The Morgan fingerprint density at radius 2 is 1.66 bits per heavy atom. The number of rotatable bonds is 11. The van der Waals surface area contributed by atoms with Crippen molar-refractivity contribution in [3.8, 4) is 11.3 Å². The van der Waals surface area contributed by atoms with Crippen molar-refractivity contribution in [3.05, 3.63) is 95.4 Å². The highest BCUT2D eigenvalue weighted by atomic mass is 32.2. The average molecular weight is 588 g/mol. The van der Waals surface area contributed by atoms with Crippen LogP contribution in [-0.2, 0) is 16.4 Å². The average Bonchev–Trinajstić information content (AvgIpc) is 3.48. The topological polar surface area (TPSA) is 77.9 Å². The van der Waals surface area contributed by atoms with Crippen molar-refractivity contribution in [1.82, 2.24) is 9.29 Å². The lowest BCUT2D eigenvalue weighted by atomic mass is 9.91. The SMILES string of the molecule is CCN(CC)c1ccc(/C=N/Nc2nc(-c3ccc(S(=O)(=O)N4CCC(Cc5ccccc5)CC4)cc3)cs2)cc1. The van der Waals surface area contributed by atoms with Gasteiger partial charge in [-0.25, -0.2) is 13.4 Å². The number of benzene rings is 3. The second-order valence-electron chi connectivity index (χ2n) is 10.2. The van der Waals surface area contributed by atoms with E-state index < -0.39 is 10.0 Å². The first-order valence-electron chi connectivity index (χ1n) is 14.2. The molecule has 41 heavy (non-hydrogen) atoms. The van der Waals surface area contributed by atoms with E-state index in [1.807, 2.05) is 23.6 Å². The molecule has 0 unspecified atom stereocenters. The third-order valence-electron chi connectivity index (χ3n) is 7.63. The van der Waals surface area contributed by atoms with Crippen LogP contribution >= 0.6 is 11.3 Å². The molecule has 1 aromatic heterocycles. The van der Waals surface area contributed by atoms with Gasteiger partial charge in [-0.15, -0.1) is 11.3 Å². The van der Waals surface area contributed by atoms with E-state index >= 15 is 0 Å². The van der Waals surface area contributed by atoms with Gasteiger partial charge in [0, 0.05) is 42.8 Å². The molecular weight excluding hydrogens is 551 g/mol. The molecule has 3 aromatic carbocycles. The Morgan fingerprint density at radius 1 is 0.976 bits per heavy atom. The van der Waals surface area contributed by atoms with Gasteiger partial charge < -0.3 is 4.90 Å². The van der Waals surface area contributed by atoms with Crippen molar-refractivity contribution in [3.63, 3.8) is 0 Å². The molecule has 0 bridgehead atoms. The van der Waals surface area contributed by atoms with Crippen molar-refractivity contribution in [2.45, 2.75) is 38.0 Å². The number of anilines is 2. The molecule has 1 aliphatic rings. The fourth-order valence-corrected chi connectivity index (χ4v) is 7.37. The molecule has 1 saturated heterocycles. The fourth-order valence-electron chi connectivity index (χ4n) is 5.23. The fraction of sp³-hybridized carbons (Fsp3) is 0.312. The summed E-state index contributed by atoms with van der Waals surface area (Å²) in [6.07, 6.45) is 4.54. The molecule has 2 heterocycles. The maximum Gasteiger partial charge on any atom is 0.243 e. The monoisotopic (exact) mass is 587 g/mol. The molecule has 1 aliphatic heterocycles. The Kier molecular flexibility index (Phi) is 9.49. The van der Waals surface area contributed by atoms with E-state index in [4.69, 9.17) is 0 Å². The van der Waals surface area contributed by atoms with Gasteiger partial charge in [0.25, 0.3) is 0 Å². The first-order valence-corrected chi connectivity index (χ1v) is 16.5. The smallest absolute Gasteiger partial charge is 0.243 e. The van der Waals surface area contributed by atoms with Crippen LogP contribution in [0.4, 0.5) is 10.8 Å². The van der Waals surface area contributed by atoms with E-state index in [2.05, 4.69) is 82.8 Å². The Labute approximate surface area is 247 Å². The standard InChI is InChI=1S/C32H37N5O2S2/c1-3-36(4-2)29-14-10-27(11-15-29)23-33-35-32-34-31(24-40-32)28-12-16-30(17-13-28)41(38,39)37-20-18-26(19-21-37)22-25-8-6-5-7-9-25/h5-17,23-24,26H,3-4,18-22H2,1-2H3,(H,34,35)/b33-23+. The van der Waals surface area contributed by atoms with Crippen LogP contribution in [0.5, 0.6) is 0 Å². The molecule has 4 aromatic rings. The summed E-state index contributed by atoms with van der Waals surface area (Å²) >= 11 is 1.46. The van der Waals surface area contributed by atoms with E-state index in [-0.39, 0.29) is 0 Å². The molecular formula is C32H37N5O2S2. The summed E-state index contributed by atoms with van der Waals surface area (Å²) in [4.78, 5) is 7.25. The summed E-state index contributed by atoms with van der Waals surface area (Å²) in [5, 5.41) is 6.95. The van der Waals surface area contributed by atoms with Crippen LogP contribution in [-0.4, -0.2) is 50.1 Å². The van der Waals surface area contributed by atoms with Gasteiger partial charge in [0.1, 0.15) is 0 Å². The summed E-state index contributed by atoms with van der Waals surface area (Å²) in [5.74, 6) is 0.515. The maximum absolute atomic E-state index is 13.3. The number of aromatic nitrogens is 1. The number of hydrogen-bond acceptors (Lipinski definition) is 7. The Morgan fingerprint density at radius 3 is 2.32 bits per heavy atom. The highest BCUT2D eigenvalue weighted by Crippen LogP contribution is 2.29.